The van der Waals surface area contributed by atoms with Crippen molar-refractivity contribution in [3.63, 3.8) is 0 Å². The van der Waals surface area contributed by atoms with Gasteiger partial charge in [-0.05, 0) is 45.4 Å². The number of rotatable bonds is 4. The van der Waals surface area contributed by atoms with E-state index in [0.717, 1.165) is 25.7 Å². The lowest BCUT2D eigenvalue weighted by molar-refractivity contribution is 0.155. The van der Waals surface area contributed by atoms with Gasteiger partial charge in [0.05, 0.1) is 12.1 Å². The van der Waals surface area contributed by atoms with Gasteiger partial charge in [-0.25, -0.2) is 4.98 Å². The first-order valence-electron chi connectivity index (χ1n) is 7.43. The summed E-state index contributed by atoms with van der Waals surface area (Å²) in [6.45, 7) is 6.20. The third-order valence-electron chi connectivity index (χ3n) is 4.34. The molecule has 20 heavy (non-hydrogen) atoms. The molecule has 0 atom stereocenters. The second-order valence-electron chi connectivity index (χ2n) is 6.33. The van der Waals surface area contributed by atoms with Gasteiger partial charge in [0.2, 0.25) is 0 Å². The second-order valence-corrected chi connectivity index (χ2v) is 6.33. The molecule has 1 aliphatic rings. The Morgan fingerprint density at radius 3 is 2.70 bits per heavy atom. The predicted molar refractivity (Wildman–Crippen MR) is 80.0 cm³/mol. The Morgan fingerprint density at radius 1 is 1.50 bits per heavy atom. The summed E-state index contributed by atoms with van der Waals surface area (Å²) in [6.07, 6.45) is 7.23. The van der Waals surface area contributed by atoms with Crippen molar-refractivity contribution in [3.05, 3.63) is 22.7 Å². The van der Waals surface area contributed by atoms with Crippen LogP contribution in [0.1, 0.15) is 52.5 Å². The molecule has 0 unspecified atom stereocenters. The van der Waals surface area contributed by atoms with Gasteiger partial charge >= 0.3 is 0 Å². The number of hydrogen-bond acceptors (Lipinski definition) is 4. The summed E-state index contributed by atoms with van der Waals surface area (Å²) in [5, 5.41) is 13.0. The fraction of sp³-hybridized carbons (Fsp3) is 0.733. The van der Waals surface area contributed by atoms with Gasteiger partial charge in [0, 0.05) is 18.4 Å². The van der Waals surface area contributed by atoms with Gasteiger partial charge < -0.3 is 15.0 Å². The lowest BCUT2D eigenvalue weighted by Gasteiger charge is -2.39. The number of aliphatic hydroxyl groups is 1. The Morgan fingerprint density at radius 2 is 2.15 bits per heavy atom. The maximum atomic E-state index is 12.4. The molecule has 1 saturated carbocycles. The van der Waals surface area contributed by atoms with Crippen LogP contribution in [0.25, 0.3) is 0 Å². The van der Waals surface area contributed by atoms with Crippen molar-refractivity contribution in [2.45, 2.75) is 58.0 Å². The number of aromatic nitrogens is 2. The summed E-state index contributed by atoms with van der Waals surface area (Å²) >= 11 is 0. The number of nitrogens with one attached hydrogen (secondary N) is 1. The van der Waals surface area contributed by atoms with E-state index in [2.05, 4.69) is 17.2 Å². The first kappa shape index (κ1) is 15.0. The van der Waals surface area contributed by atoms with Gasteiger partial charge in [-0.2, -0.15) is 0 Å². The molecule has 1 aromatic rings. The third-order valence-corrected chi connectivity index (χ3v) is 4.34. The molecule has 0 aromatic carbocycles. The zero-order chi connectivity index (χ0) is 14.8. The molecule has 112 valence electrons. The zero-order valence-corrected chi connectivity index (χ0v) is 12.6. The highest BCUT2D eigenvalue weighted by Crippen LogP contribution is 2.33. The average Bonchev–Trinajstić information content (AvgIpc) is 2.43. The minimum Gasteiger partial charge on any atom is -0.394 e. The maximum absolute atomic E-state index is 12.4. The SMILES string of the molecule is CC1CCC(CO)(Nc2nccn(C(C)C)c2=O)CC1. The maximum Gasteiger partial charge on any atom is 0.293 e. The molecule has 1 aromatic heterocycles. The molecule has 1 fully saturated rings. The molecule has 1 heterocycles. The van der Waals surface area contributed by atoms with E-state index in [1.165, 1.54) is 0 Å². The highest BCUT2D eigenvalue weighted by molar-refractivity contribution is 5.35. The Kier molecular flexibility index (Phi) is 4.48. The lowest BCUT2D eigenvalue weighted by Crippen LogP contribution is -2.47. The van der Waals surface area contributed by atoms with Crippen molar-refractivity contribution in [3.8, 4) is 0 Å². The summed E-state index contributed by atoms with van der Waals surface area (Å²) in [5.74, 6) is 1.04. The highest BCUT2D eigenvalue weighted by atomic mass is 16.3. The summed E-state index contributed by atoms with van der Waals surface area (Å²) in [6, 6.07) is 0.0995. The number of anilines is 1. The summed E-state index contributed by atoms with van der Waals surface area (Å²) in [4.78, 5) is 16.5. The van der Waals surface area contributed by atoms with Crippen LogP contribution in [-0.2, 0) is 0 Å². The summed E-state index contributed by atoms with van der Waals surface area (Å²) in [7, 11) is 0. The Hall–Kier alpha value is -1.36. The van der Waals surface area contributed by atoms with Gasteiger partial charge in [0.15, 0.2) is 5.82 Å². The quantitative estimate of drug-likeness (QED) is 0.886. The van der Waals surface area contributed by atoms with Crippen molar-refractivity contribution < 1.29 is 5.11 Å². The molecule has 5 nitrogen and oxygen atoms in total. The number of hydrogen-bond donors (Lipinski definition) is 2. The van der Waals surface area contributed by atoms with Crippen molar-refractivity contribution >= 4 is 5.82 Å². The first-order valence-corrected chi connectivity index (χ1v) is 7.43. The van der Waals surface area contributed by atoms with Crippen LogP contribution in [0.15, 0.2) is 17.2 Å². The van der Waals surface area contributed by atoms with E-state index in [1.807, 2.05) is 13.8 Å². The largest absolute Gasteiger partial charge is 0.394 e. The van der Waals surface area contributed by atoms with Gasteiger partial charge in [-0.15, -0.1) is 0 Å². The summed E-state index contributed by atoms with van der Waals surface area (Å²) in [5.41, 5.74) is -0.511. The topological polar surface area (TPSA) is 67.2 Å². The van der Waals surface area contributed by atoms with Gasteiger partial charge in [0.1, 0.15) is 0 Å². The minimum absolute atomic E-state index is 0.0391. The molecule has 0 saturated heterocycles. The lowest BCUT2D eigenvalue weighted by atomic mass is 9.77. The van der Waals surface area contributed by atoms with Crippen molar-refractivity contribution in [1.29, 1.82) is 0 Å². The third kappa shape index (κ3) is 3.03. The molecule has 2 rings (SSSR count). The monoisotopic (exact) mass is 279 g/mol. The molecule has 5 heteroatoms. The van der Waals surface area contributed by atoms with Crippen molar-refractivity contribution in [1.82, 2.24) is 9.55 Å². The molecule has 0 spiro atoms. The molecule has 0 amide bonds. The molecule has 1 aliphatic carbocycles. The highest BCUT2D eigenvalue weighted by Gasteiger charge is 2.34. The van der Waals surface area contributed by atoms with E-state index < -0.39 is 5.54 Å². The van der Waals surface area contributed by atoms with Crippen LogP contribution >= 0.6 is 0 Å². The van der Waals surface area contributed by atoms with Crippen LogP contribution in [0.3, 0.4) is 0 Å². The van der Waals surface area contributed by atoms with Gasteiger partial charge in [0.25, 0.3) is 5.56 Å². The van der Waals surface area contributed by atoms with Crippen LogP contribution in [0.2, 0.25) is 0 Å². The van der Waals surface area contributed by atoms with Crippen LogP contribution < -0.4 is 10.9 Å². The first-order chi connectivity index (χ1) is 9.47. The van der Waals surface area contributed by atoms with Crippen LogP contribution in [0.5, 0.6) is 0 Å². The Bertz CT molecular complexity index is 502. The number of aliphatic hydroxyl groups excluding tert-OH is 1. The fourth-order valence-corrected chi connectivity index (χ4v) is 2.81. The molecular weight excluding hydrogens is 254 g/mol. The normalized spacial score (nSPS) is 26.8. The van der Waals surface area contributed by atoms with E-state index in [1.54, 1.807) is 17.0 Å². The smallest absolute Gasteiger partial charge is 0.293 e. The zero-order valence-electron chi connectivity index (χ0n) is 12.6. The molecule has 0 radical (unpaired) electrons. The average molecular weight is 279 g/mol. The summed E-state index contributed by atoms with van der Waals surface area (Å²) < 4.78 is 1.66. The van der Waals surface area contributed by atoms with Gasteiger partial charge in [-0.1, -0.05) is 6.92 Å². The number of nitrogens with zero attached hydrogens (tertiary/aromatic N) is 2. The standard InChI is InChI=1S/C15H25N3O2/c1-11(2)18-9-8-16-13(14(18)20)17-15(10-19)6-4-12(3)5-7-15/h8-9,11-12,19H,4-7,10H2,1-3H3,(H,16,17). The molecular formula is C15H25N3O2. The van der Waals surface area contributed by atoms with Gasteiger partial charge in [-0.3, -0.25) is 4.79 Å². The van der Waals surface area contributed by atoms with E-state index in [-0.39, 0.29) is 18.2 Å². The fourth-order valence-electron chi connectivity index (χ4n) is 2.81. The molecule has 0 aliphatic heterocycles. The van der Waals surface area contributed by atoms with E-state index in [4.69, 9.17) is 0 Å². The molecule has 0 bridgehead atoms. The second kappa shape index (κ2) is 5.95. The van der Waals surface area contributed by atoms with E-state index in [0.29, 0.717) is 11.7 Å². The van der Waals surface area contributed by atoms with Crippen molar-refractivity contribution in [2.75, 3.05) is 11.9 Å². The Balaban J connectivity index is 2.24. The van der Waals surface area contributed by atoms with Crippen LogP contribution in [0, 0.1) is 5.92 Å². The van der Waals surface area contributed by atoms with Crippen LogP contribution in [-0.4, -0.2) is 26.8 Å². The Labute approximate surface area is 120 Å². The molecule has 2 N–H and O–H groups in total. The van der Waals surface area contributed by atoms with E-state index in [9.17, 15) is 9.90 Å². The van der Waals surface area contributed by atoms with Crippen molar-refractivity contribution in [2.24, 2.45) is 5.92 Å². The predicted octanol–water partition coefficient (Wildman–Crippen LogP) is 2.18. The van der Waals surface area contributed by atoms with E-state index >= 15 is 0 Å². The minimum atomic E-state index is -0.394. The van der Waals surface area contributed by atoms with Crippen LogP contribution in [0.4, 0.5) is 5.82 Å².